The highest BCUT2D eigenvalue weighted by Crippen LogP contribution is 2.61. The molecule has 1 fully saturated rings. The van der Waals surface area contributed by atoms with Crippen molar-refractivity contribution in [3.8, 4) is 0 Å². The summed E-state index contributed by atoms with van der Waals surface area (Å²) >= 11 is 0. The quantitative estimate of drug-likeness (QED) is 0.508. The molecule has 4 atom stereocenters. The Morgan fingerprint density at radius 2 is 2.04 bits per heavy atom. The van der Waals surface area contributed by atoms with Crippen LogP contribution in [-0.4, -0.2) is 0 Å². The zero-order valence-electron chi connectivity index (χ0n) is 14.8. The lowest BCUT2D eigenvalue weighted by atomic mass is 9.55. The first-order valence-corrected chi connectivity index (χ1v) is 9.51. The van der Waals surface area contributed by atoms with Crippen LogP contribution in [-0.2, 0) is 0 Å². The van der Waals surface area contributed by atoms with Crippen LogP contribution < -0.4 is 0 Å². The van der Waals surface area contributed by atoms with Crippen LogP contribution >= 0.6 is 0 Å². The Balaban J connectivity index is 1.70. The zero-order chi connectivity index (χ0) is 16.2. The van der Waals surface area contributed by atoms with E-state index in [0.29, 0.717) is 11.3 Å². The summed E-state index contributed by atoms with van der Waals surface area (Å²) in [6, 6.07) is 0. The van der Waals surface area contributed by atoms with Gasteiger partial charge in [-0.05, 0) is 73.3 Å². The number of hydrogen-bond donors (Lipinski definition) is 0. The minimum absolute atomic E-state index is 0.418. The van der Waals surface area contributed by atoms with Gasteiger partial charge in [0.2, 0.25) is 0 Å². The first-order valence-electron chi connectivity index (χ1n) is 9.51. The highest BCUT2D eigenvalue weighted by Gasteiger charge is 2.51. The third kappa shape index (κ3) is 2.17. The van der Waals surface area contributed by atoms with Crippen LogP contribution in [0, 0.1) is 23.2 Å². The maximum Gasteiger partial charge on any atom is 0.00339 e. The SMILES string of the molecule is C=C1C=C2CCC3C(=C2CC1)CCC1(C)C(C(=C)CC)C=CC31. The van der Waals surface area contributed by atoms with Crippen LogP contribution in [0.4, 0.5) is 0 Å². The summed E-state index contributed by atoms with van der Waals surface area (Å²) in [6.07, 6.45) is 16.2. The summed E-state index contributed by atoms with van der Waals surface area (Å²) in [5.41, 5.74) is 8.34. The minimum Gasteiger partial charge on any atom is -0.0993 e. The van der Waals surface area contributed by atoms with Crippen LogP contribution in [0.25, 0.3) is 0 Å². The van der Waals surface area contributed by atoms with E-state index < -0.39 is 0 Å². The molecule has 4 rings (SSSR count). The molecule has 23 heavy (non-hydrogen) atoms. The Labute approximate surface area is 141 Å². The van der Waals surface area contributed by atoms with E-state index in [2.05, 4.69) is 45.2 Å². The van der Waals surface area contributed by atoms with Gasteiger partial charge >= 0.3 is 0 Å². The van der Waals surface area contributed by atoms with E-state index in [1.54, 1.807) is 11.1 Å². The summed E-state index contributed by atoms with van der Waals surface area (Å²) in [6.45, 7) is 13.4. The normalized spacial score (nSPS) is 38.8. The molecule has 122 valence electrons. The summed E-state index contributed by atoms with van der Waals surface area (Å²) in [7, 11) is 0. The van der Waals surface area contributed by atoms with Crippen molar-refractivity contribution >= 4 is 0 Å². The average molecular weight is 306 g/mol. The molecular formula is C23H30. The maximum atomic E-state index is 4.39. The Bertz CT molecular complexity index is 654. The molecule has 0 N–H and O–H groups in total. The van der Waals surface area contributed by atoms with Gasteiger partial charge in [0.1, 0.15) is 0 Å². The first kappa shape index (κ1) is 15.2. The summed E-state index contributed by atoms with van der Waals surface area (Å²) < 4.78 is 0. The molecule has 0 bridgehead atoms. The Kier molecular flexibility index (Phi) is 3.55. The smallest absolute Gasteiger partial charge is 0.00339 e. The topological polar surface area (TPSA) is 0 Å². The van der Waals surface area contributed by atoms with Crippen LogP contribution in [0.2, 0.25) is 0 Å². The van der Waals surface area contributed by atoms with Crippen molar-refractivity contribution in [2.75, 3.05) is 0 Å². The van der Waals surface area contributed by atoms with E-state index in [0.717, 1.165) is 18.3 Å². The number of rotatable bonds is 2. The fraction of sp³-hybridized carbons (Fsp3) is 0.565. The van der Waals surface area contributed by atoms with Crippen LogP contribution in [0.3, 0.4) is 0 Å². The van der Waals surface area contributed by atoms with Gasteiger partial charge < -0.3 is 0 Å². The van der Waals surface area contributed by atoms with Gasteiger partial charge in [-0.2, -0.15) is 0 Å². The predicted octanol–water partition coefficient (Wildman–Crippen LogP) is 6.54. The average Bonchev–Trinajstić information content (AvgIpc) is 2.90. The lowest BCUT2D eigenvalue weighted by Gasteiger charge is -2.49. The van der Waals surface area contributed by atoms with Crippen molar-refractivity contribution in [3.63, 3.8) is 0 Å². The first-order chi connectivity index (χ1) is 11.0. The molecule has 4 aliphatic rings. The largest absolute Gasteiger partial charge is 0.0993 e. The number of hydrogen-bond acceptors (Lipinski definition) is 0. The fourth-order valence-corrected chi connectivity index (χ4v) is 5.90. The minimum atomic E-state index is 0.418. The monoisotopic (exact) mass is 306 g/mol. The van der Waals surface area contributed by atoms with Crippen molar-refractivity contribution in [3.05, 3.63) is 59.3 Å². The highest BCUT2D eigenvalue weighted by molar-refractivity contribution is 5.48. The third-order valence-corrected chi connectivity index (χ3v) is 7.27. The molecule has 0 aromatic carbocycles. The Morgan fingerprint density at radius 1 is 1.22 bits per heavy atom. The second-order valence-electron chi connectivity index (χ2n) is 8.38. The van der Waals surface area contributed by atoms with E-state index in [4.69, 9.17) is 0 Å². The summed E-state index contributed by atoms with van der Waals surface area (Å²) in [5.74, 6) is 2.13. The molecule has 4 unspecified atom stereocenters. The van der Waals surface area contributed by atoms with Gasteiger partial charge in [-0.1, -0.05) is 62.0 Å². The molecule has 0 aromatic heterocycles. The molecule has 0 radical (unpaired) electrons. The number of allylic oxidation sites excluding steroid dienone is 8. The molecule has 0 nitrogen and oxygen atoms in total. The van der Waals surface area contributed by atoms with Gasteiger partial charge in [0, 0.05) is 5.92 Å². The molecule has 1 saturated carbocycles. The van der Waals surface area contributed by atoms with Gasteiger partial charge in [-0.15, -0.1) is 0 Å². The molecule has 0 heteroatoms. The van der Waals surface area contributed by atoms with E-state index in [1.165, 1.54) is 49.7 Å². The van der Waals surface area contributed by atoms with Crippen molar-refractivity contribution in [2.24, 2.45) is 23.2 Å². The van der Waals surface area contributed by atoms with E-state index in [9.17, 15) is 0 Å². The highest BCUT2D eigenvalue weighted by atomic mass is 14.5. The molecule has 0 aliphatic heterocycles. The van der Waals surface area contributed by atoms with Crippen LogP contribution in [0.1, 0.15) is 58.8 Å². The fourth-order valence-electron chi connectivity index (χ4n) is 5.90. The molecule has 4 aliphatic carbocycles. The lowest BCUT2D eigenvalue weighted by Crippen LogP contribution is -2.40. The van der Waals surface area contributed by atoms with Crippen LogP contribution in [0.5, 0.6) is 0 Å². The van der Waals surface area contributed by atoms with Gasteiger partial charge in [-0.25, -0.2) is 0 Å². The predicted molar refractivity (Wildman–Crippen MR) is 99.1 cm³/mol. The van der Waals surface area contributed by atoms with Gasteiger partial charge in [0.15, 0.2) is 0 Å². The maximum absolute atomic E-state index is 4.39. The van der Waals surface area contributed by atoms with Crippen LogP contribution in [0.15, 0.2) is 59.3 Å². The Morgan fingerprint density at radius 3 is 2.83 bits per heavy atom. The molecular weight excluding hydrogens is 276 g/mol. The summed E-state index contributed by atoms with van der Waals surface area (Å²) in [5, 5.41) is 0. The van der Waals surface area contributed by atoms with Gasteiger partial charge in [0.05, 0.1) is 0 Å². The van der Waals surface area contributed by atoms with E-state index >= 15 is 0 Å². The second kappa shape index (κ2) is 5.36. The van der Waals surface area contributed by atoms with Crippen molar-refractivity contribution in [2.45, 2.75) is 58.8 Å². The third-order valence-electron chi connectivity index (χ3n) is 7.27. The molecule has 0 spiro atoms. The Hall–Kier alpha value is -1.30. The van der Waals surface area contributed by atoms with Crippen molar-refractivity contribution in [1.82, 2.24) is 0 Å². The van der Waals surface area contributed by atoms with Crippen molar-refractivity contribution in [1.29, 1.82) is 0 Å². The van der Waals surface area contributed by atoms with Gasteiger partial charge in [-0.3, -0.25) is 0 Å². The lowest BCUT2D eigenvalue weighted by molar-refractivity contribution is 0.105. The second-order valence-corrected chi connectivity index (χ2v) is 8.38. The standard InChI is InChI=1S/C23H30/c1-5-16(3)21-10-11-22-20-9-7-17-14-15(2)6-8-18(17)19(20)12-13-23(21,22)4/h10-11,14,20-22H,2-3,5-9,12-13H2,1,4H3. The van der Waals surface area contributed by atoms with Gasteiger partial charge in [0.25, 0.3) is 0 Å². The number of fused-ring (bicyclic) bond motifs is 4. The molecule has 0 saturated heterocycles. The van der Waals surface area contributed by atoms with Crippen molar-refractivity contribution < 1.29 is 0 Å². The summed E-state index contributed by atoms with van der Waals surface area (Å²) in [4.78, 5) is 0. The molecule has 0 aromatic rings. The van der Waals surface area contributed by atoms with E-state index in [1.807, 2.05) is 5.57 Å². The molecule has 0 amide bonds. The molecule has 0 heterocycles. The van der Waals surface area contributed by atoms with E-state index in [-0.39, 0.29) is 0 Å². The zero-order valence-corrected chi connectivity index (χ0v) is 14.8.